The molecule has 0 bridgehead atoms. The van der Waals surface area contributed by atoms with Crippen LogP contribution in [0.2, 0.25) is 0 Å². The molecule has 0 aliphatic carbocycles. The van der Waals surface area contributed by atoms with E-state index in [0.717, 1.165) is 86.4 Å². The van der Waals surface area contributed by atoms with Gasteiger partial charge in [0.05, 0.1) is 17.8 Å². The number of hydrogen-bond donors (Lipinski definition) is 0. The molecule has 1 amide bonds. The summed E-state index contributed by atoms with van der Waals surface area (Å²) in [6, 6.07) is 8.93. The van der Waals surface area contributed by atoms with E-state index in [4.69, 9.17) is 19.6 Å². The second-order valence-corrected chi connectivity index (χ2v) is 9.91. The van der Waals surface area contributed by atoms with Crippen LogP contribution in [-0.4, -0.2) is 71.6 Å². The van der Waals surface area contributed by atoms with Gasteiger partial charge in [-0.2, -0.15) is 5.10 Å². The molecule has 8 heteroatoms. The molecule has 2 saturated heterocycles. The number of amides is 1. The summed E-state index contributed by atoms with van der Waals surface area (Å²) in [6.07, 6.45) is 6.07. The minimum Gasteiger partial charge on any atom is -0.381 e. The monoisotopic (exact) mass is 475 g/mol. The molecule has 6 rings (SSSR count). The number of benzene rings is 1. The van der Waals surface area contributed by atoms with Crippen molar-refractivity contribution in [3.8, 4) is 11.3 Å². The summed E-state index contributed by atoms with van der Waals surface area (Å²) < 4.78 is 13.4. The summed E-state index contributed by atoms with van der Waals surface area (Å²) in [6.45, 7) is 6.39. The maximum absolute atomic E-state index is 12.2. The molecule has 0 unspecified atom stereocenters. The smallest absolute Gasteiger partial charge is 0.219 e. The number of methoxy groups -OCH3 is 1. The zero-order valence-electron chi connectivity index (χ0n) is 20.6. The number of nitrogens with zero attached hydrogens (tertiary/aromatic N) is 5. The minimum absolute atomic E-state index is 0.115. The number of carbonyl (C=O) groups is 1. The van der Waals surface area contributed by atoms with Gasteiger partial charge in [-0.05, 0) is 30.7 Å². The van der Waals surface area contributed by atoms with Crippen molar-refractivity contribution < 1.29 is 14.3 Å². The van der Waals surface area contributed by atoms with Crippen molar-refractivity contribution in [2.45, 2.75) is 51.3 Å². The van der Waals surface area contributed by atoms with Crippen molar-refractivity contribution in [3.05, 3.63) is 41.7 Å². The van der Waals surface area contributed by atoms with E-state index in [2.05, 4.69) is 33.8 Å². The highest BCUT2D eigenvalue weighted by atomic mass is 16.5. The van der Waals surface area contributed by atoms with Crippen molar-refractivity contribution in [2.75, 3.05) is 44.9 Å². The van der Waals surface area contributed by atoms with E-state index in [1.54, 1.807) is 14.0 Å². The molecular formula is C27H33N5O3. The summed E-state index contributed by atoms with van der Waals surface area (Å²) in [4.78, 5) is 21.3. The Kier molecular flexibility index (Phi) is 5.94. The molecule has 1 atom stereocenters. The second-order valence-electron chi connectivity index (χ2n) is 9.91. The Hall–Kier alpha value is -2.97. The first kappa shape index (κ1) is 22.5. The van der Waals surface area contributed by atoms with Gasteiger partial charge in [0, 0.05) is 88.3 Å². The lowest BCUT2D eigenvalue weighted by molar-refractivity contribution is -0.129. The Morgan fingerprint density at radius 1 is 1.17 bits per heavy atom. The normalized spacial score (nSPS) is 21.0. The Morgan fingerprint density at radius 3 is 2.80 bits per heavy atom. The Bertz CT molecular complexity index is 1250. The summed E-state index contributed by atoms with van der Waals surface area (Å²) in [5, 5.41) is 7.47. The number of hydrogen-bond acceptors (Lipinski definition) is 6. The van der Waals surface area contributed by atoms with Crippen molar-refractivity contribution in [1.29, 1.82) is 0 Å². The molecule has 3 aliphatic rings. The predicted molar refractivity (Wildman–Crippen MR) is 134 cm³/mol. The summed E-state index contributed by atoms with van der Waals surface area (Å²) >= 11 is 0. The molecule has 3 aliphatic heterocycles. The topological polar surface area (TPSA) is 72.7 Å². The molecule has 0 radical (unpaired) electrons. The molecule has 35 heavy (non-hydrogen) atoms. The molecule has 2 aromatic heterocycles. The predicted octanol–water partition coefficient (Wildman–Crippen LogP) is 3.58. The Balaban J connectivity index is 1.42. The maximum atomic E-state index is 12.2. The van der Waals surface area contributed by atoms with Crippen LogP contribution in [0, 0.1) is 0 Å². The van der Waals surface area contributed by atoms with E-state index in [1.807, 2.05) is 11.1 Å². The number of anilines is 1. The van der Waals surface area contributed by atoms with Crippen molar-refractivity contribution in [2.24, 2.45) is 0 Å². The Labute approximate surface area is 205 Å². The largest absolute Gasteiger partial charge is 0.381 e. The fourth-order valence-electron chi connectivity index (χ4n) is 5.83. The van der Waals surface area contributed by atoms with E-state index in [-0.39, 0.29) is 12.0 Å². The van der Waals surface area contributed by atoms with Gasteiger partial charge in [-0.3, -0.25) is 9.48 Å². The van der Waals surface area contributed by atoms with Gasteiger partial charge >= 0.3 is 0 Å². The minimum atomic E-state index is 0.115. The molecule has 0 saturated carbocycles. The summed E-state index contributed by atoms with van der Waals surface area (Å²) in [5.41, 5.74) is 4.52. The van der Waals surface area contributed by atoms with E-state index >= 15 is 0 Å². The SMILES string of the molecule is CO[C@@H]1CCN(c2cc3cccc(-c4nn(C5CCOCC5)c5c4CN(C(C)=O)CC5)c3cn2)C1. The highest BCUT2D eigenvalue weighted by Crippen LogP contribution is 2.37. The van der Waals surface area contributed by atoms with Crippen LogP contribution in [-0.2, 0) is 27.2 Å². The van der Waals surface area contributed by atoms with E-state index in [1.165, 1.54) is 11.3 Å². The van der Waals surface area contributed by atoms with Gasteiger partial charge in [-0.1, -0.05) is 18.2 Å². The number of ether oxygens (including phenoxy) is 2. The molecule has 3 aromatic rings. The molecule has 0 spiro atoms. The number of aromatic nitrogens is 3. The maximum Gasteiger partial charge on any atom is 0.219 e. The van der Waals surface area contributed by atoms with Crippen molar-refractivity contribution >= 4 is 22.5 Å². The first-order valence-corrected chi connectivity index (χ1v) is 12.7. The lowest BCUT2D eigenvalue weighted by Crippen LogP contribution is -2.35. The fourth-order valence-corrected chi connectivity index (χ4v) is 5.83. The average Bonchev–Trinajstić information content (AvgIpc) is 3.53. The van der Waals surface area contributed by atoms with Crippen molar-refractivity contribution in [3.63, 3.8) is 0 Å². The quantitative estimate of drug-likeness (QED) is 0.574. The van der Waals surface area contributed by atoms with E-state index in [0.29, 0.717) is 12.6 Å². The Morgan fingerprint density at radius 2 is 2.03 bits per heavy atom. The van der Waals surface area contributed by atoms with E-state index < -0.39 is 0 Å². The van der Waals surface area contributed by atoms with Gasteiger partial charge in [0.25, 0.3) is 0 Å². The highest BCUT2D eigenvalue weighted by Gasteiger charge is 2.31. The average molecular weight is 476 g/mol. The number of fused-ring (bicyclic) bond motifs is 2. The lowest BCUT2D eigenvalue weighted by atomic mass is 9.97. The van der Waals surface area contributed by atoms with Crippen LogP contribution in [0.1, 0.15) is 43.5 Å². The molecule has 1 aromatic carbocycles. The van der Waals surface area contributed by atoms with Crippen LogP contribution in [0.15, 0.2) is 30.5 Å². The fraction of sp³-hybridized carbons (Fsp3) is 0.519. The highest BCUT2D eigenvalue weighted by molar-refractivity contribution is 5.97. The third-order valence-corrected chi connectivity index (χ3v) is 7.88. The zero-order valence-corrected chi connectivity index (χ0v) is 20.6. The molecule has 2 fully saturated rings. The van der Waals surface area contributed by atoms with Crippen LogP contribution in [0.25, 0.3) is 22.0 Å². The molecule has 184 valence electrons. The first-order chi connectivity index (χ1) is 17.1. The third kappa shape index (κ3) is 4.08. The van der Waals surface area contributed by atoms with Gasteiger partial charge in [-0.25, -0.2) is 4.98 Å². The number of pyridine rings is 1. The van der Waals surface area contributed by atoms with Crippen LogP contribution in [0.4, 0.5) is 5.82 Å². The first-order valence-electron chi connectivity index (χ1n) is 12.7. The van der Waals surface area contributed by atoms with Crippen LogP contribution >= 0.6 is 0 Å². The standard InChI is InChI=1S/C27H33N5O3/c1-18(33)30-11-7-25-24(17-30)27(29-32(25)20-8-12-35-13-9-20)22-5-3-4-19-14-26(28-15-23(19)22)31-10-6-21(16-31)34-2/h3-5,14-15,20-21H,6-13,16-17H2,1-2H3/t21-/m1/s1. The van der Waals surface area contributed by atoms with Crippen molar-refractivity contribution in [1.82, 2.24) is 19.7 Å². The van der Waals surface area contributed by atoms with Gasteiger partial charge < -0.3 is 19.3 Å². The lowest BCUT2D eigenvalue weighted by Gasteiger charge is -2.29. The van der Waals surface area contributed by atoms with Gasteiger partial charge in [0.1, 0.15) is 5.82 Å². The number of rotatable bonds is 4. The second kappa shape index (κ2) is 9.24. The van der Waals surface area contributed by atoms with Gasteiger partial charge in [-0.15, -0.1) is 0 Å². The summed E-state index contributed by atoms with van der Waals surface area (Å²) in [7, 11) is 1.78. The van der Waals surface area contributed by atoms with Gasteiger partial charge in [0.15, 0.2) is 0 Å². The molecule has 5 heterocycles. The van der Waals surface area contributed by atoms with Crippen LogP contribution in [0.5, 0.6) is 0 Å². The van der Waals surface area contributed by atoms with Crippen LogP contribution < -0.4 is 4.90 Å². The summed E-state index contributed by atoms with van der Waals surface area (Å²) in [5.74, 6) is 1.11. The zero-order chi connectivity index (χ0) is 23.9. The van der Waals surface area contributed by atoms with Crippen LogP contribution in [0.3, 0.4) is 0 Å². The number of carbonyl (C=O) groups excluding carboxylic acids is 1. The molecule has 8 nitrogen and oxygen atoms in total. The van der Waals surface area contributed by atoms with Gasteiger partial charge in [0.2, 0.25) is 5.91 Å². The third-order valence-electron chi connectivity index (χ3n) is 7.88. The molecule has 0 N–H and O–H groups in total. The van der Waals surface area contributed by atoms with E-state index in [9.17, 15) is 4.79 Å². The molecular weight excluding hydrogens is 442 g/mol.